The van der Waals surface area contributed by atoms with Crippen LogP contribution in [0.1, 0.15) is 9.60 Å². The molecule has 0 spiro atoms. The Morgan fingerprint density at radius 3 is 1.89 bits per heavy atom. The van der Waals surface area contributed by atoms with Crippen molar-refractivity contribution in [2.24, 2.45) is 0 Å². The number of hydrogen-bond acceptors (Lipinski definition) is 6. The van der Waals surface area contributed by atoms with Crippen LogP contribution in [0.2, 0.25) is 0 Å². The summed E-state index contributed by atoms with van der Waals surface area (Å²) in [5.74, 6) is 0.351. The molecule has 0 aliphatic rings. The first-order chi connectivity index (χ1) is 25.2. The molecule has 0 radical (unpaired) electrons. The standard InChI is InChI=1S/C39H21N3O3/c1-4-17-29-22(10-1)23-13-7-16-28(36(23)45-29)39-41-37(26-14-8-20-32-34(26)24-11-2-5-18-30(24)43-32)40-38(42-39)27-15-9-21-33-35(27)25-12-3-6-19-31(25)44-33/h1-21H/i2D,5D,8D,11D,14D,18D,20D. The predicted molar refractivity (Wildman–Crippen MR) is 178 cm³/mol. The molecule has 6 nitrogen and oxygen atoms in total. The molecule has 0 amide bonds. The average Bonchev–Trinajstić information content (AvgIpc) is 3.87. The molecule has 6 heteroatoms. The van der Waals surface area contributed by atoms with Crippen molar-refractivity contribution in [1.29, 1.82) is 0 Å². The van der Waals surface area contributed by atoms with E-state index < -0.39 is 42.3 Å². The smallest absolute Gasteiger partial charge is 0.167 e. The first-order valence-corrected chi connectivity index (χ1v) is 14.2. The molecule has 0 bridgehead atoms. The van der Waals surface area contributed by atoms with Gasteiger partial charge in [-0.25, -0.2) is 15.0 Å². The van der Waals surface area contributed by atoms with Gasteiger partial charge in [-0.3, -0.25) is 0 Å². The van der Waals surface area contributed by atoms with E-state index in [0.29, 0.717) is 33.5 Å². The Balaban J connectivity index is 1.37. The number of para-hydroxylation sites is 4. The summed E-state index contributed by atoms with van der Waals surface area (Å²) in [6.45, 7) is 0. The monoisotopic (exact) mass is 586 g/mol. The van der Waals surface area contributed by atoms with Gasteiger partial charge in [0, 0.05) is 43.4 Å². The molecule has 45 heavy (non-hydrogen) atoms. The van der Waals surface area contributed by atoms with Crippen LogP contribution in [0.3, 0.4) is 0 Å². The first-order valence-electron chi connectivity index (χ1n) is 17.7. The van der Waals surface area contributed by atoms with Crippen molar-refractivity contribution >= 4 is 65.8 Å². The van der Waals surface area contributed by atoms with Crippen LogP contribution in [-0.2, 0) is 0 Å². The largest absolute Gasteiger partial charge is 0.456 e. The van der Waals surface area contributed by atoms with E-state index in [1.165, 1.54) is 0 Å². The highest BCUT2D eigenvalue weighted by Gasteiger charge is 2.22. The van der Waals surface area contributed by atoms with Crippen molar-refractivity contribution in [3.8, 4) is 34.2 Å². The van der Waals surface area contributed by atoms with Gasteiger partial charge in [-0.15, -0.1) is 0 Å². The topological polar surface area (TPSA) is 78.1 Å². The number of furan rings is 3. The molecule has 0 aliphatic carbocycles. The van der Waals surface area contributed by atoms with Crippen molar-refractivity contribution in [2.45, 2.75) is 0 Å². The Morgan fingerprint density at radius 2 is 1.00 bits per heavy atom. The molecule has 0 fully saturated rings. The minimum Gasteiger partial charge on any atom is -0.456 e. The van der Waals surface area contributed by atoms with E-state index in [1.54, 1.807) is 0 Å². The molecule has 0 N–H and O–H groups in total. The molecule has 0 atom stereocenters. The lowest BCUT2D eigenvalue weighted by Gasteiger charge is -2.10. The molecule has 0 unspecified atom stereocenters. The molecular weight excluding hydrogens is 558 g/mol. The van der Waals surface area contributed by atoms with E-state index >= 15 is 0 Å². The number of nitrogens with zero attached hydrogens (tertiary/aromatic N) is 3. The molecular formula is C39H21N3O3. The van der Waals surface area contributed by atoms with Crippen LogP contribution in [0.4, 0.5) is 0 Å². The van der Waals surface area contributed by atoms with Crippen molar-refractivity contribution in [1.82, 2.24) is 15.0 Å². The van der Waals surface area contributed by atoms with Gasteiger partial charge in [-0.1, -0.05) is 90.9 Å². The third-order valence-electron chi connectivity index (χ3n) is 8.10. The third kappa shape index (κ3) is 3.53. The van der Waals surface area contributed by atoms with Crippen molar-refractivity contribution < 1.29 is 22.8 Å². The minimum atomic E-state index is -0.508. The SMILES string of the molecule is [2H]c1c([2H])c([2H])c2c(oc3c([2H])c([2H])c([2H])c(-c4nc(-c5cccc6c5oc5ccccc56)nc(-c5cccc6oc7ccccc7c56)n4)c32)c1[2H]. The number of benzene rings is 6. The maximum absolute atomic E-state index is 9.18. The Morgan fingerprint density at radius 1 is 0.400 bits per heavy atom. The highest BCUT2D eigenvalue weighted by molar-refractivity contribution is 6.14. The number of fused-ring (bicyclic) bond motifs is 9. The fourth-order valence-electron chi connectivity index (χ4n) is 6.14. The highest BCUT2D eigenvalue weighted by atomic mass is 16.3. The van der Waals surface area contributed by atoms with Gasteiger partial charge in [0.1, 0.15) is 33.5 Å². The summed E-state index contributed by atoms with van der Waals surface area (Å²) in [5.41, 5.74) is 3.21. The lowest BCUT2D eigenvalue weighted by atomic mass is 10.0. The van der Waals surface area contributed by atoms with Gasteiger partial charge in [0.05, 0.1) is 15.2 Å². The van der Waals surface area contributed by atoms with E-state index in [0.717, 1.165) is 21.5 Å². The van der Waals surface area contributed by atoms with Crippen molar-refractivity contribution in [2.75, 3.05) is 0 Å². The summed E-state index contributed by atoms with van der Waals surface area (Å²) in [7, 11) is 0. The van der Waals surface area contributed by atoms with Gasteiger partial charge >= 0.3 is 0 Å². The van der Waals surface area contributed by atoms with Crippen LogP contribution in [0.15, 0.2) is 140 Å². The molecule has 0 saturated heterocycles. The quantitative estimate of drug-likeness (QED) is 0.205. The van der Waals surface area contributed by atoms with Gasteiger partial charge in [0.25, 0.3) is 0 Å². The first kappa shape index (κ1) is 18.4. The van der Waals surface area contributed by atoms with Crippen LogP contribution >= 0.6 is 0 Å². The molecule has 4 heterocycles. The van der Waals surface area contributed by atoms with E-state index in [4.69, 9.17) is 36.4 Å². The second-order valence-corrected chi connectivity index (χ2v) is 10.6. The zero-order valence-corrected chi connectivity index (χ0v) is 23.1. The molecule has 10 rings (SSSR count). The summed E-state index contributed by atoms with van der Waals surface area (Å²) in [5, 5.41) is 3.33. The van der Waals surface area contributed by atoms with Crippen LogP contribution < -0.4 is 0 Å². The zero-order chi connectivity index (χ0) is 35.6. The van der Waals surface area contributed by atoms with Gasteiger partial charge in [-0.05, 0) is 36.4 Å². The number of aromatic nitrogens is 3. The Bertz CT molecular complexity index is 3190. The molecule has 10 aromatic rings. The average molecular weight is 587 g/mol. The second-order valence-electron chi connectivity index (χ2n) is 10.6. The Labute approximate surface area is 265 Å². The summed E-state index contributed by atoms with van der Waals surface area (Å²) < 4.78 is 79.2. The molecule has 0 saturated carbocycles. The van der Waals surface area contributed by atoms with E-state index in [9.17, 15) is 1.37 Å². The summed E-state index contributed by atoms with van der Waals surface area (Å²) >= 11 is 0. The highest BCUT2D eigenvalue weighted by Crippen LogP contribution is 2.40. The van der Waals surface area contributed by atoms with Crippen molar-refractivity contribution in [3.05, 3.63) is 127 Å². The lowest BCUT2D eigenvalue weighted by Crippen LogP contribution is -2.01. The summed E-state index contributed by atoms with van der Waals surface area (Å²) in [6.07, 6.45) is 0. The molecule has 210 valence electrons. The maximum atomic E-state index is 9.18. The number of rotatable bonds is 3. The second kappa shape index (κ2) is 9.11. The fourth-order valence-corrected chi connectivity index (χ4v) is 6.14. The predicted octanol–water partition coefficient (Wildman–Crippen LogP) is 10.6. The Kier molecular flexibility index (Phi) is 3.73. The molecule has 4 aromatic heterocycles. The number of hydrogen-bond donors (Lipinski definition) is 0. The third-order valence-corrected chi connectivity index (χ3v) is 8.10. The van der Waals surface area contributed by atoms with Gasteiger partial charge < -0.3 is 13.3 Å². The van der Waals surface area contributed by atoms with Gasteiger partial charge in [0.15, 0.2) is 17.5 Å². The van der Waals surface area contributed by atoms with Gasteiger partial charge in [-0.2, -0.15) is 0 Å². The zero-order valence-electron chi connectivity index (χ0n) is 30.1. The molecule has 0 aliphatic heterocycles. The fraction of sp³-hybridized carbons (Fsp3) is 0. The maximum Gasteiger partial charge on any atom is 0.167 e. The summed E-state index contributed by atoms with van der Waals surface area (Å²) in [6, 6.07) is 23.3. The van der Waals surface area contributed by atoms with Gasteiger partial charge in [0.2, 0.25) is 0 Å². The summed E-state index contributed by atoms with van der Waals surface area (Å²) in [4.78, 5) is 14.8. The van der Waals surface area contributed by atoms with E-state index in [2.05, 4.69) is 0 Å². The normalized spacial score (nSPS) is 14.2. The Hall–Kier alpha value is -6.27. The lowest BCUT2D eigenvalue weighted by molar-refractivity contribution is 0.668. The van der Waals surface area contributed by atoms with Crippen LogP contribution in [-0.4, -0.2) is 15.0 Å². The van der Waals surface area contributed by atoms with Crippen LogP contribution in [0, 0.1) is 0 Å². The molecule has 6 aromatic carbocycles. The van der Waals surface area contributed by atoms with Crippen LogP contribution in [0.5, 0.6) is 0 Å². The van der Waals surface area contributed by atoms with Crippen molar-refractivity contribution in [3.63, 3.8) is 0 Å². The van der Waals surface area contributed by atoms with Crippen LogP contribution in [0.25, 0.3) is 100.0 Å². The van der Waals surface area contributed by atoms with E-state index in [-0.39, 0.29) is 45.0 Å². The van der Waals surface area contributed by atoms with E-state index in [1.807, 2.05) is 84.9 Å². The minimum absolute atomic E-state index is 0.0324.